The van der Waals surface area contributed by atoms with Crippen molar-refractivity contribution in [1.82, 2.24) is 5.01 Å². The van der Waals surface area contributed by atoms with Gasteiger partial charge in [-0.25, -0.2) is 5.84 Å². The lowest BCUT2D eigenvalue weighted by atomic mass is 10.0. The molecule has 0 aliphatic rings. The highest BCUT2D eigenvalue weighted by atomic mass is 79.9. The van der Waals surface area contributed by atoms with Gasteiger partial charge in [0.25, 0.3) is 0 Å². The highest BCUT2D eigenvalue weighted by Gasteiger charge is 2.17. The molecular formula is C11H16BrN3O2. The van der Waals surface area contributed by atoms with E-state index in [-0.39, 0.29) is 12.3 Å². The Morgan fingerprint density at radius 2 is 2.24 bits per heavy atom. The van der Waals surface area contributed by atoms with Crippen LogP contribution in [0.2, 0.25) is 0 Å². The Bertz CT molecular complexity index is 410. The molecule has 1 unspecified atom stereocenters. The second-order valence-electron chi connectivity index (χ2n) is 3.70. The van der Waals surface area contributed by atoms with Crippen molar-refractivity contribution in [3.8, 4) is 5.75 Å². The van der Waals surface area contributed by atoms with Gasteiger partial charge in [-0.2, -0.15) is 0 Å². The standard InChI is InChI=1S/C11H16BrN3O2/c1-15(14)11(16)6-9(13)8-5-7(12)3-4-10(8)17-2/h3-5,9H,6,13-14H2,1-2H3. The van der Waals surface area contributed by atoms with Crippen molar-refractivity contribution in [2.75, 3.05) is 14.2 Å². The maximum Gasteiger partial charge on any atom is 0.238 e. The van der Waals surface area contributed by atoms with E-state index in [9.17, 15) is 4.79 Å². The van der Waals surface area contributed by atoms with Crippen LogP contribution in [-0.4, -0.2) is 25.1 Å². The van der Waals surface area contributed by atoms with Crippen LogP contribution in [0.5, 0.6) is 5.75 Å². The first-order valence-electron chi connectivity index (χ1n) is 5.06. The summed E-state index contributed by atoms with van der Waals surface area (Å²) >= 11 is 3.36. The number of nitrogens with two attached hydrogens (primary N) is 2. The number of hydrogen-bond donors (Lipinski definition) is 2. The number of benzene rings is 1. The number of hydrogen-bond acceptors (Lipinski definition) is 4. The molecule has 0 aliphatic heterocycles. The Morgan fingerprint density at radius 3 is 2.76 bits per heavy atom. The zero-order chi connectivity index (χ0) is 13.0. The van der Waals surface area contributed by atoms with Gasteiger partial charge in [-0.05, 0) is 18.2 Å². The van der Waals surface area contributed by atoms with E-state index < -0.39 is 6.04 Å². The van der Waals surface area contributed by atoms with Crippen LogP contribution in [0.1, 0.15) is 18.0 Å². The van der Waals surface area contributed by atoms with Gasteiger partial charge in [-0.15, -0.1) is 0 Å². The van der Waals surface area contributed by atoms with Gasteiger partial charge in [0.05, 0.1) is 7.11 Å². The van der Waals surface area contributed by atoms with Gasteiger partial charge in [0.2, 0.25) is 5.91 Å². The molecule has 1 aromatic rings. The third-order valence-corrected chi connectivity index (χ3v) is 2.87. The minimum Gasteiger partial charge on any atom is -0.496 e. The molecule has 0 saturated carbocycles. The van der Waals surface area contributed by atoms with Gasteiger partial charge >= 0.3 is 0 Å². The predicted molar refractivity (Wildman–Crippen MR) is 69.2 cm³/mol. The summed E-state index contributed by atoms with van der Waals surface area (Å²) < 4.78 is 6.09. The van der Waals surface area contributed by atoms with Crippen LogP contribution in [0, 0.1) is 0 Å². The molecule has 0 fully saturated rings. The smallest absolute Gasteiger partial charge is 0.238 e. The minimum absolute atomic E-state index is 0.139. The first-order valence-corrected chi connectivity index (χ1v) is 5.85. The quantitative estimate of drug-likeness (QED) is 0.497. The van der Waals surface area contributed by atoms with Crippen LogP contribution in [0.4, 0.5) is 0 Å². The van der Waals surface area contributed by atoms with Crippen LogP contribution >= 0.6 is 15.9 Å². The summed E-state index contributed by atoms with van der Waals surface area (Å²) in [5, 5.41) is 1.03. The fourth-order valence-electron chi connectivity index (χ4n) is 1.44. The van der Waals surface area contributed by atoms with Gasteiger partial charge in [0, 0.05) is 29.5 Å². The number of amides is 1. The Morgan fingerprint density at radius 1 is 1.59 bits per heavy atom. The average Bonchev–Trinajstić information content (AvgIpc) is 2.28. The highest BCUT2D eigenvalue weighted by Crippen LogP contribution is 2.28. The third kappa shape index (κ3) is 3.69. The van der Waals surface area contributed by atoms with Crippen molar-refractivity contribution >= 4 is 21.8 Å². The molecule has 0 spiro atoms. The van der Waals surface area contributed by atoms with Crippen molar-refractivity contribution in [2.24, 2.45) is 11.6 Å². The van der Waals surface area contributed by atoms with E-state index in [0.717, 1.165) is 15.0 Å². The van der Waals surface area contributed by atoms with E-state index in [1.54, 1.807) is 13.2 Å². The van der Waals surface area contributed by atoms with E-state index in [1.807, 2.05) is 12.1 Å². The van der Waals surface area contributed by atoms with Crippen molar-refractivity contribution < 1.29 is 9.53 Å². The van der Waals surface area contributed by atoms with Crippen LogP contribution in [0.15, 0.2) is 22.7 Å². The molecule has 0 bridgehead atoms. The molecule has 94 valence electrons. The number of rotatable bonds is 4. The van der Waals surface area contributed by atoms with Crippen molar-refractivity contribution in [2.45, 2.75) is 12.5 Å². The van der Waals surface area contributed by atoms with Gasteiger partial charge in [0.1, 0.15) is 5.75 Å². The molecule has 0 aliphatic carbocycles. The highest BCUT2D eigenvalue weighted by molar-refractivity contribution is 9.10. The van der Waals surface area contributed by atoms with E-state index in [2.05, 4.69) is 15.9 Å². The van der Waals surface area contributed by atoms with Crippen LogP contribution < -0.4 is 16.3 Å². The Balaban J connectivity index is 2.91. The summed E-state index contributed by atoms with van der Waals surface area (Å²) in [6.07, 6.45) is 0.139. The molecule has 1 atom stereocenters. The van der Waals surface area contributed by atoms with Gasteiger partial charge < -0.3 is 10.5 Å². The number of halogens is 1. The van der Waals surface area contributed by atoms with Crippen molar-refractivity contribution in [3.63, 3.8) is 0 Å². The van der Waals surface area contributed by atoms with Crippen LogP contribution in [-0.2, 0) is 4.79 Å². The van der Waals surface area contributed by atoms with Gasteiger partial charge in [0.15, 0.2) is 0 Å². The number of ether oxygens (including phenoxy) is 1. The van der Waals surface area contributed by atoms with Crippen LogP contribution in [0.3, 0.4) is 0 Å². The zero-order valence-corrected chi connectivity index (χ0v) is 11.4. The molecule has 0 heterocycles. The van der Waals surface area contributed by atoms with Crippen molar-refractivity contribution in [3.05, 3.63) is 28.2 Å². The number of hydrazine groups is 1. The van der Waals surface area contributed by atoms with Gasteiger partial charge in [-0.1, -0.05) is 15.9 Å². The van der Waals surface area contributed by atoms with E-state index in [1.165, 1.54) is 7.05 Å². The summed E-state index contributed by atoms with van der Waals surface area (Å²) in [6.45, 7) is 0. The molecule has 6 heteroatoms. The monoisotopic (exact) mass is 301 g/mol. The molecular weight excluding hydrogens is 286 g/mol. The maximum absolute atomic E-state index is 11.5. The number of carbonyl (C=O) groups excluding carboxylic acids is 1. The summed E-state index contributed by atoms with van der Waals surface area (Å²) in [6, 6.07) is 5.05. The number of nitrogens with zero attached hydrogens (tertiary/aromatic N) is 1. The summed E-state index contributed by atoms with van der Waals surface area (Å²) in [7, 11) is 3.06. The lowest BCUT2D eigenvalue weighted by molar-refractivity contribution is -0.130. The fraction of sp³-hybridized carbons (Fsp3) is 0.364. The van der Waals surface area contributed by atoms with E-state index >= 15 is 0 Å². The van der Waals surface area contributed by atoms with E-state index in [4.69, 9.17) is 16.3 Å². The fourth-order valence-corrected chi connectivity index (χ4v) is 1.82. The number of methoxy groups -OCH3 is 1. The minimum atomic E-state index is -0.444. The first-order chi connectivity index (χ1) is 7.95. The molecule has 1 aromatic carbocycles. The Hall–Kier alpha value is -1.11. The normalized spacial score (nSPS) is 12.1. The molecule has 17 heavy (non-hydrogen) atoms. The largest absolute Gasteiger partial charge is 0.496 e. The molecule has 4 N–H and O–H groups in total. The second kappa shape index (κ2) is 6.00. The zero-order valence-electron chi connectivity index (χ0n) is 9.81. The van der Waals surface area contributed by atoms with Crippen molar-refractivity contribution in [1.29, 1.82) is 0 Å². The molecule has 5 nitrogen and oxygen atoms in total. The molecule has 1 amide bonds. The summed E-state index contributed by atoms with van der Waals surface area (Å²) in [5.41, 5.74) is 6.75. The second-order valence-corrected chi connectivity index (χ2v) is 4.62. The molecule has 1 rings (SSSR count). The number of carbonyl (C=O) groups is 1. The van der Waals surface area contributed by atoms with E-state index in [0.29, 0.717) is 5.75 Å². The molecule has 0 saturated heterocycles. The van der Waals surface area contributed by atoms with Crippen LogP contribution in [0.25, 0.3) is 0 Å². The topological polar surface area (TPSA) is 81.6 Å². The third-order valence-electron chi connectivity index (χ3n) is 2.38. The lowest BCUT2D eigenvalue weighted by Crippen LogP contribution is -2.35. The first kappa shape index (κ1) is 14.0. The summed E-state index contributed by atoms with van der Waals surface area (Å²) in [4.78, 5) is 11.5. The predicted octanol–water partition coefficient (Wildman–Crippen LogP) is 1.18. The SMILES string of the molecule is COc1ccc(Br)cc1C(N)CC(=O)N(C)N. The maximum atomic E-state index is 11.5. The van der Waals surface area contributed by atoms with Gasteiger partial charge in [-0.3, -0.25) is 9.80 Å². The lowest BCUT2D eigenvalue weighted by Gasteiger charge is -2.17. The Kier molecular flexibility index (Phi) is 4.92. The molecule has 0 aromatic heterocycles. The average molecular weight is 302 g/mol. The summed E-state index contributed by atoms with van der Waals surface area (Å²) in [5.74, 6) is 5.79. The Labute approximate surface area is 109 Å². The molecule has 0 radical (unpaired) electrons.